The summed E-state index contributed by atoms with van der Waals surface area (Å²) in [5.74, 6) is -0.0728. The smallest absolute Gasteiger partial charge is 0.331 e. The Kier molecular flexibility index (Phi) is 6.97. The van der Waals surface area contributed by atoms with Crippen molar-refractivity contribution in [1.82, 2.24) is 18.9 Å². The Morgan fingerprint density at radius 2 is 1.66 bits per heavy atom. The maximum atomic E-state index is 13.2. The lowest BCUT2D eigenvalue weighted by Gasteiger charge is -2.38. The van der Waals surface area contributed by atoms with Crippen LogP contribution in [-0.2, 0) is 36.0 Å². The highest BCUT2D eigenvalue weighted by molar-refractivity contribution is 5.80. The summed E-state index contributed by atoms with van der Waals surface area (Å²) in [7, 11) is 1.39. The maximum Gasteiger partial charge on any atom is 0.331 e. The zero-order valence-corrected chi connectivity index (χ0v) is 21.3. The van der Waals surface area contributed by atoms with Crippen LogP contribution in [0, 0.1) is 11.3 Å². The average Bonchev–Trinajstić information content (AvgIpc) is 3.11. The normalized spacial score (nSPS) is 16.1. The topological polar surface area (TPSA) is 108 Å². The van der Waals surface area contributed by atoms with Crippen molar-refractivity contribution < 1.29 is 9.59 Å². The van der Waals surface area contributed by atoms with E-state index < -0.39 is 11.2 Å². The lowest BCUT2D eigenvalue weighted by Crippen LogP contribution is -2.50. The number of rotatable bonds is 4. The van der Waals surface area contributed by atoms with Gasteiger partial charge in [-0.2, -0.15) is 5.26 Å². The van der Waals surface area contributed by atoms with Gasteiger partial charge in [0.1, 0.15) is 6.54 Å². The Morgan fingerprint density at radius 3 is 2.34 bits per heavy atom. The van der Waals surface area contributed by atoms with Gasteiger partial charge in [-0.25, -0.2) is 4.79 Å². The van der Waals surface area contributed by atoms with Crippen molar-refractivity contribution in [3.05, 3.63) is 92.3 Å². The van der Waals surface area contributed by atoms with Crippen molar-refractivity contribution in [2.24, 2.45) is 7.05 Å². The summed E-state index contributed by atoms with van der Waals surface area (Å²) in [6, 6.07) is 16.7. The lowest BCUT2D eigenvalue weighted by molar-refractivity contribution is -0.136. The predicted molar refractivity (Wildman–Crippen MR) is 141 cm³/mol. The summed E-state index contributed by atoms with van der Waals surface area (Å²) in [6.45, 7) is 1.51. The molecule has 0 atom stereocenters. The van der Waals surface area contributed by atoms with Gasteiger partial charge >= 0.3 is 5.69 Å². The van der Waals surface area contributed by atoms with Gasteiger partial charge in [0.15, 0.2) is 0 Å². The summed E-state index contributed by atoms with van der Waals surface area (Å²) in [5, 5.41) is 9.03. The third-order valence-corrected chi connectivity index (χ3v) is 7.64. The number of aromatic nitrogens is 2. The van der Waals surface area contributed by atoms with E-state index in [4.69, 9.17) is 5.26 Å². The van der Waals surface area contributed by atoms with E-state index in [1.165, 1.54) is 23.4 Å². The molecular weight excluding hydrogens is 482 g/mol. The Bertz CT molecular complexity index is 1540. The fourth-order valence-electron chi connectivity index (χ4n) is 5.42. The largest absolute Gasteiger partial charge is 0.341 e. The van der Waals surface area contributed by atoms with Crippen molar-refractivity contribution in [2.45, 2.75) is 38.3 Å². The number of amides is 2. The lowest BCUT2D eigenvalue weighted by atomic mass is 10.0. The Labute approximate surface area is 220 Å². The van der Waals surface area contributed by atoms with Crippen LogP contribution in [0.4, 0.5) is 0 Å². The molecule has 0 unspecified atom stereocenters. The summed E-state index contributed by atoms with van der Waals surface area (Å²) in [6.07, 6.45) is 4.04. The first kappa shape index (κ1) is 25.2. The summed E-state index contributed by atoms with van der Waals surface area (Å²) >= 11 is 0. The van der Waals surface area contributed by atoms with E-state index in [9.17, 15) is 19.2 Å². The van der Waals surface area contributed by atoms with Gasteiger partial charge in [0, 0.05) is 38.9 Å². The molecule has 0 bridgehead atoms. The summed E-state index contributed by atoms with van der Waals surface area (Å²) in [5.41, 5.74) is 2.59. The molecule has 3 aromatic rings. The third-order valence-electron chi connectivity index (χ3n) is 7.64. The molecule has 9 heteroatoms. The Hall–Kier alpha value is -4.45. The van der Waals surface area contributed by atoms with Crippen LogP contribution < -0.4 is 11.2 Å². The number of nitrogens with zero attached hydrogens (tertiary/aromatic N) is 5. The fourth-order valence-corrected chi connectivity index (χ4v) is 5.42. The number of piperidine rings is 1. The van der Waals surface area contributed by atoms with Crippen molar-refractivity contribution in [1.29, 1.82) is 5.26 Å². The molecule has 2 aromatic carbocycles. The molecule has 2 aliphatic heterocycles. The molecule has 0 aliphatic carbocycles. The van der Waals surface area contributed by atoms with Gasteiger partial charge in [0.2, 0.25) is 11.8 Å². The minimum atomic E-state index is -0.564. The van der Waals surface area contributed by atoms with Crippen LogP contribution in [0.3, 0.4) is 0 Å². The molecular formula is C29H29N5O4. The van der Waals surface area contributed by atoms with E-state index >= 15 is 0 Å². The first-order valence-corrected chi connectivity index (χ1v) is 12.8. The number of carbonyl (C=O) groups excluding carboxylic acids is 2. The van der Waals surface area contributed by atoms with Crippen molar-refractivity contribution in [3.8, 4) is 17.2 Å². The van der Waals surface area contributed by atoms with Gasteiger partial charge in [-0.1, -0.05) is 36.4 Å². The molecule has 2 aliphatic rings. The molecule has 38 heavy (non-hydrogen) atoms. The molecule has 1 aromatic heterocycles. The number of hydrogen-bond donors (Lipinski definition) is 0. The first-order valence-electron chi connectivity index (χ1n) is 12.8. The van der Waals surface area contributed by atoms with Gasteiger partial charge < -0.3 is 9.80 Å². The maximum absolute atomic E-state index is 13.2. The average molecular weight is 512 g/mol. The SMILES string of the molecule is Cn1c(=O)c(-c2ccc(C#N)cc2)cn(CC(=O)N2CCC(N3CCc4ccccc4CC3=O)CC2)c1=O. The monoisotopic (exact) mass is 511 g/mol. The molecule has 1 fully saturated rings. The Balaban J connectivity index is 1.26. The van der Waals surface area contributed by atoms with Crippen LogP contribution in [-0.4, -0.2) is 56.4 Å². The standard InChI is InChI=1S/C29H29N5O4/c1-31-28(37)25(22-8-6-20(17-30)7-9-22)18-33(29(31)38)19-27(36)32-13-11-24(12-14-32)34-15-10-21-4-2-3-5-23(21)16-26(34)35/h2-9,18,24H,10-16,19H2,1H3. The van der Waals surface area contributed by atoms with Gasteiger partial charge in [-0.3, -0.25) is 23.5 Å². The van der Waals surface area contributed by atoms with E-state index in [0.717, 1.165) is 16.6 Å². The molecule has 1 saturated heterocycles. The highest BCUT2D eigenvalue weighted by Crippen LogP contribution is 2.23. The zero-order chi connectivity index (χ0) is 26.8. The van der Waals surface area contributed by atoms with Gasteiger partial charge in [0.25, 0.3) is 5.56 Å². The number of nitriles is 1. The van der Waals surface area contributed by atoms with Gasteiger partial charge in [-0.15, -0.1) is 0 Å². The predicted octanol–water partition coefficient (Wildman–Crippen LogP) is 1.70. The molecule has 0 saturated carbocycles. The van der Waals surface area contributed by atoms with Crippen LogP contribution in [0.2, 0.25) is 0 Å². The van der Waals surface area contributed by atoms with Crippen molar-refractivity contribution in [3.63, 3.8) is 0 Å². The van der Waals surface area contributed by atoms with Gasteiger partial charge in [-0.05, 0) is 48.1 Å². The number of hydrogen-bond acceptors (Lipinski definition) is 5. The molecule has 0 spiro atoms. The Morgan fingerprint density at radius 1 is 0.974 bits per heavy atom. The summed E-state index contributed by atoms with van der Waals surface area (Å²) < 4.78 is 2.26. The van der Waals surface area contributed by atoms with Crippen LogP contribution in [0.5, 0.6) is 0 Å². The minimum absolute atomic E-state index is 0.0871. The van der Waals surface area contributed by atoms with Crippen LogP contribution in [0.15, 0.2) is 64.3 Å². The van der Waals surface area contributed by atoms with Crippen LogP contribution in [0.1, 0.15) is 29.5 Å². The van der Waals surface area contributed by atoms with Crippen molar-refractivity contribution in [2.75, 3.05) is 19.6 Å². The highest BCUT2D eigenvalue weighted by Gasteiger charge is 2.31. The quantitative estimate of drug-likeness (QED) is 0.530. The zero-order valence-electron chi connectivity index (χ0n) is 21.3. The van der Waals surface area contributed by atoms with Crippen LogP contribution >= 0.6 is 0 Å². The van der Waals surface area contributed by atoms with Crippen molar-refractivity contribution >= 4 is 11.8 Å². The molecule has 5 rings (SSSR count). The second kappa shape index (κ2) is 10.5. The molecule has 0 N–H and O–H groups in total. The first-order chi connectivity index (χ1) is 18.4. The number of benzene rings is 2. The van der Waals surface area contributed by atoms with E-state index in [2.05, 4.69) is 6.07 Å². The molecule has 9 nitrogen and oxygen atoms in total. The van der Waals surface area contributed by atoms with E-state index in [0.29, 0.717) is 50.0 Å². The third kappa shape index (κ3) is 4.90. The van der Waals surface area contributed by atoms with E-state index in [1.54, 1.807) is 29.2 Å². The molecule has 0 radical (unpaired) electrons. The molecule has 194 valence electrons. The minimum Gasteiger partial charge on any atom is -0.341 e. The second-order valence-electron chi connectivity index (χ2n) is 9.90. The summed E-state index contributed by atoms with van der Waals surface area (Å²) in [4.78, 5) is 55.4. The second-order valence-corrected chi connectivity index (χ2v) is 9.90. The van der Waals surface area contributed by atoms with E-state index in [1.807, 2.05) is 29.2 Å². The molecule has 3 heterocycles. The number of likely N-dealkylation sites (tertiary alicyclic amines) is 1. The van der Waals surface area contributed by atoms with Crippen LogP contribution in [0.25, 0.3) is 11.1 Å². The van der Waals surface area contributed by atoms with Gasteiger partial charge in [0.05, 0.1) is 23.6 Å². The van der Waals surface area contributed by atoms with E-state index in [-0.39, 0.29) is 30.0 Å². The molecule has 2 amide bonds. The number of fused-ring (bicyclic) bond motifs is 1. The fraction of sp³-hybridized carbons (Fsp3) is 0.345. The number of carbonyl (C=O) groups is 2. The highest BCUT2D eigenvalue weighted by atomic mass is 16.2.